The van der Waals surface area contributed by atoms with Crippen LogP contribution >= 0.6 is 0 Å². The summed E-state index contributed by atoms with van der Waals surface area (Å²) in [6.07, 6.45) is 1.13. The zero-order valence-corrected chi connectivity index (χ0v) is 5.77. The molecule has 6 nitrogen and oxygen atoms in total. The summed E-state index contributed by atoms with van der Waals surface area (Å²) in [5, 5.41) is 18.6. The highest BCUT2D eigenvalue weighted by Gasteiger charge is 2.14. The second-order valence-electron chi connectivity index (χ2n) is 1.93. The molecule has 12 heavy (non-hydrogen) atoms. The number of aromatic nitrogens is 1. The fourth-order valence-electron chi connectivity index (χ4n) is 0.721. The summed E-state index contributed by atoms with van der Waals surface area (Å²) >= 11 is 0. The third kappa shape index (κ3) is 1.15. The molecule has 0 radical (unpaired) electrons. The van der Waals surface area contributed by atoms with Crippen LogP contribution < -0.4 is 5.43 Å². The van der Waals surface area contributed by atoms with Crippen LogP contribution in [-0.4, -0.2) is 9.91 Å². The molecule has 0 amide bonds. The Kier molecular flexibility index (Phi) is 1.88. The van der Waals surface area contributed by atoms with Gasteiger partial charge in [-0.2, -0.15) is 5.26 Å². The average Bonchev–Trinajstić information content (AvgIpc) is 2.03. The quantitative estimate of drug-likeness (QED) is 0.472. The van der Waals surface area contributed by atoms with Crippen molar-refractivity contribution in [3.8, 4) is 6.07 Å². The molecule has 0 saturated carbocycles. The van der Waals surface area contributed by atoms with Crippen molar-refractivity contribution in [1.29, 1.82) is 5.26 Å². The molecule has 0 spiro atoms. The molecule has 1 rings (SSSR count). The lowest BCUT2D eigenvalue weighted by atomic mass is 10.3. The monoisotopic (exact) mass is 165 g/mol. The lowest BCUT2D eigenvalue weighted by molar-refractivity contribution is -0.389. The Morgan fingerprint density at radius 2 is 2.33 bits per heavy atom. The van der Waals surface area contributed by atoms with Crippen LogP contribution in [0.4, 0.5) is 5.82 Å². The Hall–Kier alpha value is -2.16. The highest BCUT2D eigenvalue weighted by atomic mass is 16.6. The van der Waals surface area contributed by atoms with E-state index in [1.165, 1.54) is 6.07 Å². The Bertz CT molecular complexity index is 415. The first-order chi connectivity index (χ1) is 5.66. The van der Waals surface area contributed by atoms with E-state index in [0.717, 1.165) is 12.3 Å². The largest absolute Gasteiger partial charge is 0.358 e. The number of nitrogens with zero attached hydrogens (tertiary/aromatic N) is 2. The van der Waals surface area contributed by atoms with Gasteiger partial charge in [0.15, 0.2) is 5.56 Å². The van der Waals surface area contributed by atoms with Crippen LogP contribution in [0.5, 0.6) is 0 Å². The predicted octanol–water partition coefficient (Wildman–Crippen LogP) is 0.155. The Morgan fingerprint density at radius 1 is 1.67 bits per heavy atom. The maximum Gasteiger partial charge on any atom is 0.342 e. The molecule has 0 saturated heterocycles. The number of rotatable bonds is 1. The van der Waals surface area contributed by atoms with Gasteiger partial charge in [0.05, 0.1) is 6.20 Å². The molecule has 1 N–H and O–H groups in total. The molecule has 0 fully saturated rings. The van der Waals surface area contributed by atoms with Crippen molar-refractivity contribution < 1.29 is 4.92 Å². The maximum atomic E-state index is 10.8. The first kappa shape index (κ1) is 7.94. The van der Waals surface area contributed by atoms with Crippen LogP contribution in [-0.2, 0) is 0 Å². The van der Waals surface area contributed by atoms with Gasteiger partial charge < -0.3 is 10.1 Å². The van der Waals surface area contributed by atoms with Crippen LogP contribution in [0.3, 0.4) is 0 Å². The highest BCUT2D eigenvalue weighted by Crippen LogP contribution is 2.07. The van der Waals surface area contributed by atoms with Gasteiger partial charge in [-0.05, 0) is 4.92 Å². The second kappa shape index (κ2) is 2.84. The molecule has 1 aromatic rings. The highest BCUT2D eigenvalue weighted by molar-refractivity contribution is 5.41. The van der Waals surface area contributed by atoms with Crippen molar-refractivity contribution in [3.63, 3.8) is 0 Å². The van der Waals surface area contributed by atoms with Crippen LogP contribution in [0.1, 0.15) is 5.56 Å². The van der Waals surface area contributed by atoms with Crippen molar-refractivity contribution in [2.45, 2.75) is 0 Å². The number of hydrogen-bond donors (Lipinski definition) is 1. The van der Waals surface area contributed by atoms with Gasteiger partial charge in [0.25, 0.3) is 0 Å². The summed E-state index contributed by atoms with van der Waals surface area (Å²) in [4.78, 5) is 22.4. The van der Waals surface area contributed by atoms with Crippen molar-refractivity contribution in [2.75, 3.05) is 0 Å². The number of pyridine rings is 1. The minimum absolute atomic E-state index is 0.470. The molecule has 1 heterocycles. The van der Waals surface area contributed by atoms with Crippen LogP contribution in [0, 0.1) is 21.4 Å². The van der Waals surface area contributed by atoms with Crippen molar-refractivity contribution >= 4 is 5.82 Å². The second-order valence-corrected chi connectivity index (χ2v) is 1.93. The minimum atomic E-state index is -0.806. The van der Waals surface area contributed by atoms with E-state index >= 15 is 0 Å². The molecule has 0 atom stereocenters. The molecule has 0 aliphatic rings. The molecule has 0 aliphatic heterocycles. The number of nitriles is 1. The molecular weight excluding hydrogens is 162 g/mol. The van der Waals surface area contributed by atoms with Gasteiger partial charge in [-0.1, -0.05) is 0 Å². The number of H-pyrrole nitrogens is 1. The van der Waals surface area contributed by atoms with E-state index in [9.17, 15) is 14.9 Å². The normalized spacial score (nSPS) is 8.92. The Morgan fingerprint density at radius 3 is 2.75 bits per heavy atom. The van der Waals surface area contributed by atoms with Gasteiger partial charge in [-0.25, -0.2) is 4.98 Å². The van der Waals surface area contributed by atoms with Crippen molar-refractivity contribution in [1.82, 2.24) is 4.98 Å². The molecule has 60 valence electrons. The summed E-state index contributed by atoms with van der Waals surface area (Å²) < 4.78 is 0. The first-order valence-corrected chi connectivity index (χ1v) is 2.93. The van der Waals surface area contributed by atoms with Gasteiger partial charge in [-0.3, -0.25) is 4.79 Å². The molecule has 0 unspecified atom stereocenters. The first-order valence-electron chi connectivity index (χ1n) is 2.93. The molecule has 0 bridgehead atoms. The lowest BCUT2D eigenvalue weighted by Crippen LogP contribution is -2.08. The topological polar surface area (TPSA) is 99.8 Å². The van der Waals surface area contributed by atoms with E-state index < -0.39 is 21.7 Å². The van der Waals surface area contributed by atoms with E-state index in [1.807, 2.05) is 0 Å². The number of hydrogen-bond acceptors (Lipinski definition) is 4. The molecule has 6 heteroatoms. The molecular formula is C6H3N3O3. The number of aromatic amines is 1. The molecule has 1 aromatic heterocycles. The van der Waals surface area contributed by atoms with E-state index in [4.69, 9.17) is 5.26 Å². The fourth-order valence-corrected chi connectivity index (χ4v) is 0.721. The van der Waals surface area contributed by atoms with Crippen LogP contribution in [0.25, 0.3) is 0 Å². The van der Waals surface area contributed by atoms with Gasteiger partial charge in [0, 0.05) is 6.07 Å². The standard InChI is InChI=1S/C6H3N3O3/c7-3-4-5(10)1-2-8-6(4)9(11)12/h1-2H,(H,8,10). The average molecular weight is 165 g/mol. The SMILES string of the molecule is N#Cc1c([N+](=O)[O-])[nH]ccc1=O. The van der Waals surface area contributed by atoms with Gasteiger partial charge in [0.2, 0.25) is 5.43 Å². The Labute approximate surface area is 66.2 Å². The molecule has 0 aromatic carbocycles. The van der Waals surface area contributed by atoms with E-state index in [2.05, 4.69) is 4.98 Å². The minimum Gasteiger partial charge on any atom is -0.358 e. The smallest absolute Gasteiger partial charge is 0.342 e. The number of nitrogens with one attached hydrogen (secondary N) is 1. The predicted molar refractivity (Wildman–Crippen MR) is 38.4 cm³/mol. The fraction of sp³-hybridized carbons (Fsp3) is 0. The third-order valence-corrected chi connectivity index (χ3v) is 1.23. The van der Waals surface area contributed by atoms with E-state index in [1.54, 1.807) is 0 Å². The summed E-state index contributed by atoms with van der Waals surface area (Å²) in [6, 6.07) is 2.52. The zero-order chi connectivity index (χ0) is 9.14. The zero-order valence-electron chi connectivity index (χ0n) is 5.77. The van der Waals surface area contributed by atoms with Crippen molar-refractivity contribution in [3.05, 3.63) is 38.2 Å². The maximum absolute atomic E-state index is 10.8. The summed E-state index contributed by atoms with van der Waals surface area (Å²) in [5.41, 5.74) is -1.12. The Balaban J connectivity index is 3.51. The van der Waals surface area contributed by atoms with E-state index in [-0.39, 0.29) is 0 Å². The summed E-state index contributed by atoms with van der Waals surface area (Å²) in [6.45, 7) is 0. The van der Waals surface area contributed by atoms with Crippen LogP contribution in [0.2, 0.25) is 0 Å². The summed E-state index contributed by atoms with van der Waals surface area (Å²) in [7, 11) is 0. The molecule has 0 aliphatic carbocycles. The van der Waals surface area contributed by atoms with Crippen LogP contribution in [0.15, 0.2) is 17.1 Å². The van der Waals surface area contributed by atoms with Crippen molar-refractivity contribution in [2.24, 2.45) is 0 Å². The summed E-state index contributed by atoms with van der Waals surface area (Å²) in [5.74, 6) is -0.565. The van der Waals surface area contributed by atoms with Gasteiger partial charge >= 0.3 is 5.82 Å². The van der Waals surface area contributed by atoms with E-state index in [0.29, 0.717) is 0 Å². The van der Waals surface area contributed by atoms with Gasteiger partial charge in [0.1, 0.15) is 6.07 Å². The van der Waals surface area contributed by atoms with Gasteiger partial charge in [-0.15, -0.1) is 0 Å². The number of nitro groups is 1. The lowest BCUT2D eigenvalue weighted by Gasteiger charge is -1.93. The third-order valence-electron chi connectivity index (χ3n) is 1.23.